The molecule has 19 heteroatoms. The second-order valence-electron chi connectivity index (χ2n) is 27.0. The number of phosphoric acid groups is 2. The Kier molecular flexibility index (Phi) is 68.1. The van der Waals surface area contributed by atoms with E-state index >= 15 is 0 Å². The molecule has 0 fully saturated rings. The van der Waals surface area contributed by atoms with Gasteiger partial charge in [0.2, 0.25) is 0 Å². The first kappa shape index (κ1) is 92.1. The molecule has 0 rings (SSSR count). The highest BCUT2D eigenvalue weighted by atomic mass is 31.2. The molecule has 0 aromatic heterocycles. The third-order valence-corrected chi connectivity index (χ3v) is 19.5. The first-order chi connectivity index (χ1) is 45.7. The Morgan fingerprint density at radius 3 is 0.628 bits per heavy atom. The van der Waals surface area contributed by atoms with Crippen molar-refractivity contribution in [2.45, 2.75) is 418 Å². The first-order valence-corrected chi connectivity index (χ1v) is 42.3. The second-order valence-corrected chi connectivity index (χ2v) is 29.9. The number of rotatable bonds is 76. The molecule has 0 heterocycles. The highest BCUT2D eigenvalue weighted by molar-refractivity contribution is 7.47. The van der Waals surface area contributed by atoms with Crippen LogP contribution in [0.3, 0.4) is 0 Å². The van der Waals surface area contributed by atoms with Crippen molar-refractivity contribution in [2.75, 3.05) is 39.6 Å². The van der Waals surface area contributed by atoms with Crippen molar-refractivity contribution in [3.8, 4) is 0 Å². The van der Waals surface area contributed by atoms with Crippen LogP contribution in [0.15, 0.2) is 0 Å². The van der Waals surface area contributed by atoms with Crippen LogP contribution in [-0.4, -0.2) is 96.7 Å². The van der Waals surface area contributed by atoms with Crippen LogP contribution in [0.1, 0.15) is 400 Å². The van der Waals surface area contributed by atoms with E-state index in [1.54, 1.807) is 0 Å². The van der Waals surface area contributed by atoms with Crippen LogP contribution >= 0.6 is 15.6 Å². The van der Waals surface area contributed by atoms with E-state index in [-0.39, 0.29) is 25.7 Å². The molecule has 0 aromatic carbocycles. The zero-order chi connectivity index (χ0) is 69.0. The van der Waals surface area contributed by atoms with Gasteiger partial charge in [-0.2, -0.15) is 0 Å². The fourth-order valence-electron chi connectivity index (χ4n) is 11.6. The molecule has 5 atom stereocenters. The smallest absolute Gasteiger partial charge is 0.462 e. The average Bonchev–Trinajstić information content (AvgIpc) is 1.93. The normalized spacial score (nSPS) is 13.9. The molecule has 558 valence electrons. The van der Waals surface area contributed by atoms with Gasteiger partial charge < -0.3 is 33.8 Å². The molecule has 2 unspecified atom stereocenters. The monoisotopic (exact) mass is 1380 g/mol. The van der Waals surface area contributed by atoms with Gasteiger partial charge in [0.05, 0.1) is 26.4 Å². The van der Waals surface area contributed by atoms with Crippen LogP contribution in [0.2, 0.25) is 0 Å². The number of phosphoric ester groups is 2. The Labute approximate surface area is 575 Å². The highest BCUT2D eigenvalue weighted by Gasteiger charge is 2.30. The lowest BCUT2D eigenvalue weighted by Crippen LogP contribution is -2.30. The highest BCUT2D eigenvalue weighted by Crippen LogP contribution is 2.45. The van der Waals surface area contributed by atoms with Crippen molar-refractivity contribution in [1.82, 2.24) is 0 Å². The zero-order valence-electron chi connectivity index (χ0n) is 60.9. The predicted octanol–water partition coefficient (Wildman–Crippen LogP) is 22.2. The van der Waals surface area contributed by atoms with E-state index in [9.17, 15) is 43.2 Å². The predicted molar refractivity (Wildman–Crippen MR) is 382 cm³/mol. The van der Waals surface area contributed by atoms with Gasteiger partial charge in [-0.15, -0.1) is 0 Å². The van der Waals surface area contributed by atoms with E-state index in [0.29, 0.717) is 25.7 Å². The minimum atomic E-state index is -4.95. The van der Waals surface area contributed by atoms with Crippen LogP contribution < -0.4 is 0 Å². The van der Waals surface area contributed by atoms with E-state index in [1.165, 1.54) is 231 Å². The summed E-state index contributed by atoms with van der Waals surface area (Å²) in [5, 5.41) is 10.6. The third kappa shape index (κ3) is 68.6. The lowest BCUT2D eigenvalue weighted by molar-refractivity contribution is -0.161. The second kappa shape index (κ2) is 69.5. The number of unbranched alkanes of at least 4 members (excludes halogenated alkanes) is 50. The van der Waals surface area contributed by atoms with Crippen LogP contribution in [0.4, 0.5) is 0 Å². The number of hydrogen-bond donors (Lipinski definition) is 3. The maximum atomic E-state index is 13.1. The van der Waals surface area contributed by atoms with Gasteiger partial charge in [0.25, 0.3) is 0 Å². The maximum absolute atomic E-state index is 13.1. The summed E-state index contributed by atoms with van der Waals surface area (Å²) in [6.45, 7) is 4.99. The molecule has 94 heavy (non-hydrogen) atoms. The molecular formula is C75H146O17P2. The molecule has 0 aromatic rings. The van der Waals surface area contributed by atoms with E-state index < -0.39 is 97.5 Å². The van der Waals surface area contributed by atoms with Crippen molar-refractivity contribution in [3.63, 3.8) is 0 Å². The van der Waals surface area contributed by atoms with Crippen LogP contribution in [0.25, 0.3) is 0 Å². The lowest BCUT2D eigenvalue weighted by Gasteiger charge is -2.21. The standard InChI is InChI=1S/C75H146O17P2/c1-5-9-13-17-21-25-29-32-34-37-40-44-48-52-56-60-73(78)86-66-71(91-74(79)61-57-53-49-45-41-36-31-27-23-19-15-11-7-3)68-90-94(83,84)88-64-69(76)63-87-93(81,82)89-67-70(65-85-72(77)59-55-51-47-43-39-28-24-20-16-12-8-4)92-75(80)62-58-54-50-46-42-38-35-33-30-26-22-18-14-10-6-2/h69-71,76H,5-68H2,1-4H3,(H,81,82)(H,83,84)/t69-,70+,71+/m0/s1. The Bertz CT molecular complexity index is 1790. The summed E-state index contributed by atoms with van der Waals surface area (Å²) in [7, 11) is -9.91. The summed E-state index contributed by atoms with van der Waals surface area (Å²) in [6, 6.07) is 0. The van der Waals surface area contributed by atoms with Gasteiger partial charge >= 0.3 is 39.5 Å². The summed E-state index contributed by atoms with van der Waals surface area (Å²) < 4.78 is 68.5. The lowest BCUT2D eigenvalue weighted by atomic mass is 10.0. The van der Waals surface area contributed by atoms with Crippen LogP contribution in [0.5, 0.6) is 0 Å². The van der Waals surface area contributed by atoms with Crippen molar-refractivity contribution in [2.24, 2.45) is 0 Å². The summed E-state index contributed by atoms with van der Waals surface area (Å²) in [6.07, 6.45) is 59.4. The summed E-state index contributed by atoms with van der Waals surface area (Å²) in [5.74, 6) is -2.11. The minimum absolute atomic E-state index is 0.109. The molecule has 17 nitrogen and oxygen atoms in total. The van der Waals surface area contributed by atoms with Crippen molar-refractivity contribution >= 4 is 39.5 Å². The summed E-state index contributed by atoms with van der Waals surface area (Å²) in [4.78, 5) is 72.8. The van der Waals surface area contributed by atoms with Crippen molar-refractivity contribution in [1.29, 1.82) is 0 Å². The molecule has 0 aliphatic rings. The van der Waals surface area contributed by atoms with Crippen LogP contribution in [0, 0.1) is 0 Å². The molecule has 3 N–H and O–H groups in total. The Hall–Kier alpha value is -1.94. The topological polar surface area (TPSA) is 237 Å². The van der Waals surface area contributed by atoms with Gasteiger partial charge in [0.1, 0.15) is 19.3 Å². The molecule has 0 saturated heterocycles. The van der Waals surface area contributed by atoms with Gasteiger partial charge in [-0.3, -0.25) is 37.3 Å². The van der Waals surface area contributed by atoms with E-state index in [2.05, 4.69) is 27.7 Å². The van der Waals surface area contributed by atoms with Gasteiger partial charge in [-0.05, 0) is 25.7 Å². The number of carbonyl (C=O) groups excluding carboxylic acids is 4. The van der Waals surface area contributed by atoms with Gasteiger partial charge in [0.15, 0.2) is 12.2 Å². The molecular weight excluding hydrogens is 1230 g/mol. The number of carbonyl (C=O) groups is 4. The van der Waals surface area contributed by atoms with E-state index in [0.717, 1.165) is 89.9 Å². The largest absolute Gasteiger partial charge is 0.472 e. The fraction of sp³-hybridized carbons (Fsp3) is 0.947. The molecule has 0 aliphatic heterocycles. The number of hydrogen-bond acceptors (Lipinski definition) is 15. The van der Waals surface area contributed by atoms with Crippen molar-refractivity contribution in [3.05, 3.63) is 0 Å². The van der Waals surface area contributed by atoms with Crippen LogP contribution in [-0.2, 0) is 65.4 Å². The van der Waals surface area contributed by atoms with Gasteiger partial charge in [0, 0.05) is 25.7 Å². The van der Waals surface area contributed by atoms with E-state index in [1.807, 2.05) is 0 Å². The number of aliphatic hydroxyl groups excluding tert-OH is 1. The van der Waals surface area contributed by atoms with Gasteiger partial charge in [-0.25, -0.2) is 9.13 Å². The number of esters is 4. The quantitative estimate of drug-likeness (QED) is 0.0222. The first-order valence-electron chi connectivity index (χ1n) is 39.3. The molecule has 0 saturated carbocycles. The average molecular weight is 1380 g/mol. The summed E-state index contributed by atoms with van der Waals surface area (Å²) in [5.41, 5.74) is 0. The minimum Gasteiger partial charge on any atom is -0.462 e. The Morgan fingerprint density at radius 1 is 0.255 bits per heavy atom. The molecule has 0 aliphatic carbocycles. The van der Waals surface area contributed by atoms with Crippen molar-refractivity contribution < 1.29 is 80.2 Å². The fourth-order valence-corrected chi connectivity index (χ4v) is 13.2. The van der Waals surface area contributed by atoms with Gasteiger partial charge in [-0.1, -0.05) is 349 Å². The third-order valence-electron chi connectivity index (χ3n) is 17.6. The number of ether oxygens (including phenoxy) is 4. The molecule has 0 radical (unpaired) electrons. The summed E-state index contributed by atoms with van der Waals surface area (Å²) >= 11 is 0. The molecule has 0 spiro atoms. The SMILES string of the molecule is CCCCCCCCCCCCCCCCCC(=O)OC[C@H](COP(=O)(O)OC[C@@H](O)COP(=O)(O)OC[C@@H](COC(=O)CCCCCCCCCCCCC)OC(=O)CCCCCCCCCCCCCCCCC)OC(=O)CCCCCCCCCCCCCCC. The van der Waals surface area contributed by atoms with E-state index in [4.69, 9.17) is 37.0 Å². The Balaban J connectivity index is 5.24. The maximum Gasteiger partial charge on any atom is 0.472 e. The Morgan fingerprint density at radius 2 is 0.426 bits per heavy atom. The number of aliphatic hydroxyl groups is 1. The molecule has 0 bridgehead atoms. The molecule has 0 amide bonds. The zero-order valence-corrected chi connectivity index (χ0v) is 62.7.